The molecule has 0 spiro atoms. The zero-order valence-electron chi connectivity index (χ0n) is 16.0. The number of carbonyl (C=O) groups is 1. The molecular formula is C19H24O8. The van der Waals surface area contributed by atoms with Crippen LogP contribution >= 0.6 is 0 Å². The summed E-state index contributed by atoms with van der Waals surface area (Å²) in [7, 11) is 1.51. The Morgan fingerprint density at radius 2 is 1.48 bits per heavy atom. The van der Waals surface area contributed by atoms with Crippen LogP contribution in [0.1, 0.15) is 27.7 Å². The molecule has 27 heavy (non-hydrogen) atoms. The van der Waals surface area contributed by atoms with Crippen LogP contribution in [0.5, 0.6) is 11.5 Å². The van der Waals surface area contributed by atoms with E-state index in [-0.39, 0.29) is 0 Å². The van der Waals surface area contributed by atoms with Crippen molar-refractivity contribution in [3.05, 3.63) is 24.3 Å². The van der Waals surface area contributed by atoms with Gasteiger partial charge in [-0.2, -0.15) is 0 Å². The number of hydrogen-bond acceptors (Lipinski definition) is 8. The van der Waals surface area contributed by atoms with E-state index in [9.17, 15) is 4.79 Å². The summed E-state index contributed by atoms with van der Waals surface area (Å²) in [5, 5.41) is 0. The number of rotatable bonds is 3. The first kappa shape index (κ1) is 18.6. The molecule has 5 atom stereocenters. The van der Waals surface area contributed by atoms with Crippen LogP contribution in [0.2, 0.25) is 0 Å². The molecule has 3 aliphatic rings. The topological polar surface area (TPSA) is 81.7 Å². The second-order valence-corrected chi connectivity index (χ2v) is 7.66. The molecule has 1 aromatic rings. The number of ether oxygens (including phenoxy) is 7. The molecule has 3 aliphatic heterocycles. The molecule has 0 saturated carbocycles. The minimum atomic E-state index is -1.03. The Hall–Kier alpha value is -1.71. The summed E-state index contributed by atoms with van der Waals surface area (Å²) in [6, 6.07) is 6.89. The van der Waals surface area contributed by atoms with Crippen LogP contribution in [0.4, 0.5) is 0 Å². The van der Waals surface area contributed by atoms with Gasteiger partial charge >= 0.3 is 5.97 Å². The molecule has 3 saturated heterocycles. The first-order chi connectivity index (χ1) is 12.7. The van der Waals surface area contributed by atoms with Crippen LogP contribution in [0.3, 0.4) is 0 Å². The van der Waals surface area contributed by atoms with Crippen LogP contribution in [-0.2, 0) is 28.5 Å². The molecule has 1 aromatic carbocycles. The van der Waals surface area contributed by atoms with E-state index in [2.05, 4.69) is 0 Å². The summed E-state index contributed by atoms with van der Waals surface area (Å²) in [6.07, 6.45) is -3.48. The molecule has 0 bridgehead atoms. The van der Waals surface area contributed by atoms with Crippen molar-refractivity contribution < 1.29 is 38.0 Å². The van der Waals surface area contributed by atoms with Crippen LogP contribution < -0.4 is 9.47 Å². The predicted molar refractivity (Wildman–Crippen MR) is 91.2 cm³/mol. The fraction of sp³-hybridized carbons (Fsp3) is 0.632. The molecule has 0 unspecified atom stereocenters. The second-order valence-electron chi connectivity index (χ2n) is 7.66. The van der Waals surface area contributed by atoms with Gasteiger partial charge in [-0.05, 0) is 39.8 Å². The molecule has 0 aromatic heterocycles. The average Bonchev–Trinajstić information content (AvgIpc) is 3.08. The lowest BCUT2D eigenvalue weighted by Gasteiger charge is -2.35. The number of benzene rings is 1. The van der Waals surface area contributed by atoms with Gasteiger partial charge in [-0.1, -0.05) is 12.1 Å². The fourth-order valence-corrected chi connectivity index (χ4v) is 3.67. The van der Waals surface area contributed by atoms with Gasteiger partial charge in [0.25, 0.3) is 0 Å². The van der Waals surface area contributed by atoms with Gasteiger partial charge in [-0.25, -0.2) is 4.79 Å². The van der Waals surface area contributed by atoms with Gasteiger partial charge < -0.3 is 33.2 Å². The Morgan fingerprint density at radius 3 is 2.19 bits per heavy atom. The largest absolute Gasteiger partial charge is 0.493 e. The van der Waals surface area contributed by atoms with Crippen LogP contribution in [0, 0.1) is 0 Å². The summed E-state index contributed by atoms with van der Waals surface area (Å²) in [5.41, 5.74) is 0. The number of esters is 1. The van der Waals surface area contributed by atoms with Crippen molar-refractivity contribution in [3.8, 4) is 11.5 Å². The number of fused-ring (bicyclic) bond motifs is 3. The van der Waals surface area contributed by atoms with Crippen molar-refractivity contribution in [1.29, 1.82) is 0 Å². The third-order valence-electron chi connectivity index (χ3n) is 4.67. The molecular weight excluding hydrogens is 356 g/mol. The smallest absolute Gasteiger partial charge is 0.343 e. The quantitative estimate of drug-likeness (QED) is 0.582. The lowest BCUT2D eigenvalue weighted by molar-refractivity contribution is -0.236. The van der Waals surface area contributed by atoms with Crippen LogP contribution in [0.15, 0.2) is 24.3 Å². The highest BCUT2D eigenvalue weighted by Crippen LogP contribution is 2.44. The molecule has 0 aliphatic carbocycles. The molecule has 0 radical (unpaired) electrons. The summed E-state index contributed by atoms with van der Waals surface area (Å²) in [6.45, 7) is 7.13. The summed E-state index contributed by atoms with van der Waals surface area (Å²) in [4.78, 5) is 12.9. The fourth-order valence-electron chi connectivity index (χ4n) is 3.67. The van der Waals surface area contributed by atoms with E-state index in [1.165, 1.54) is 7.11 Å². The van der Waals surface area contributed by atoms with Crippen molar-refractivity contribution in [2.24, 2.45) is 0 Å². The SMILES string of the molecule is COc1ccccc1OC(=O)[C@@H]1O[C@H]2OC(C)(C)O[C@@H]2[C@H]2OC(C)(C)O[C@@H]21. The normalized spacial score (nSPS) is 36.0. The first-order valence-corrected chi connectivity index (χ1v) is 8.90. The van der Waals surface area contributed by atoms with Gasteiger partial charge in [0.2, 0.25) is 0 Å². The lowest BCUT2D eigenvalue weighted by atomic mass is 9.99. The van der Waals surface area contributed by atoms with Crippen LogP contribution in [-0.4, -0.2) is 55.4 Å². The number of methoxy groups -OCH3 is 1. The minimum absolute atomic E-state index is 0.300. The van der Waals surface area contributed by atoms with Gasteiger partial charge in [0.05, 0.1) is 7.11 Å². The van der Waals surface area contributed by atoms with Crippen LogP contribution in [0.25, 0.3) is 0 Å². The standard InChI is InChI=1S/C19H24O8/c1-18(2)24-12-13(25-18)15-17(27-19(3,4)26-15)23-14(12)16(20)22-11-9-7-6-8-10(11)21-5/h6-9,12-15,17H,1-5H3/t12-,13-,14+,15+,17-/m0/s1. The highest BCUT2D eigenvalue weighted by molar-refractivity contribution is 5.79. The molecule has 0 amide bonds. The van der Waals surface area contributed by atoms with E-state index in [1.54, 1.807) is 52.0 Å². The summed E-state index contributed by atoms with van der Waals surface area (Å²) in [5.74, 6) is -1.59. The molecule has 4 rings (SSSR count). The Kier molecular flexibility index (Phi) is 4.44. The highest BCUT2D eigenvalue weighted by atomic mass is 16.9. The third kappa shape index (κ3) is 3.43. The van der Waals surface area contributed by atoms with Crippen molar-refractivity contribution in [2.45, 2.75) is 70.0 Å². The highest BCUT2D eigenvalue weighted by Gasteiger charge is 2.62. The monoisotopic (exact) mass is 380 g/mol. The Labute approximate surface area is 157 Å². The first-order valence-electron chi connectivity index (χ1n) is 8.90. The Bertz CT molecular complexity index is 730. The third-order valence-corrected chi connectivity index (χ3v) is 4.67. The second kappa shape index (κ2) is 6.42. The van der Waals surface area contributed by atoms with Gasteiger partial charge in [0.1, 0.15) is 18.3 Å². The minimum Gasteiger partial charge on any atom is -0.493 e. The summed E-state index contributed by atoms with van der Waals surface area (Å²) < 4.78 is 40.3. The predicted octanol–water partition coefficient (Wildman–Crippen LogP) is 2.00. The Morgan fingerprint density at radius 1 is 0.889 bits per heavy atom. The van der Waals surface area contributed by atoms with E-state index in [1.807, 2.05) is 0 Å². The number of hydrogen-bond donors (Lipinski definition) is 0. The Balaban J connectivity index is 1.59. The number of para-hydroxylation sites is 2. The van der Waals surface area contributed by atoms with Crippen molar-refractivity contribution in [1.82, 2.24) is 0 Å². The molecule has 8 heteroatoms. The van der Waals surface area contributed by atoms with Gasteiger partial charge in [-0.3, -0.25) is 0 Å². The average molecular weight is 380 g/mol. The van der Waals surface area contributed by atoms with E-state index in [4.69, 9.17) is 33.2 Å². The van der Waals surface area contributed by atoms with Crippen molar-refractivity contribution in [2.75, 3.05) is 7.11 Å². The van der Waals surface area contributed by atoms with E-state index >= 15 is 0 Å². The molecule has 3 fully saturated rings. The maximum atomic E-state index is 12.9. The van der Waals surface area contributed by atoms with E-state index < -0.39 is 48.2 Å². The van der Waals surface area contributed by atoms with E-state index in [0.717, 1.165) is 0 Å². The lowest BCUT2D eigenvalue weighted by Crippen LogP contribution is -2.58. The molecule has 8 nitrogen and oxygen atoms in total. The van der Waals surface area contributed by atoms with Gasteiger partial charge in [0, 0.05) is 0 Å². The maximum Gasteiger partial charge on any atom is 0.343 e. The molecule has 0 N–H and O–H groups in total. The summed E-state index contributed by atoms with van der Waals surface area (Å²) >= 11 is 0. The maximum absolute atomic E-state index is 12.9. The molecule has 3 heterocycles. The van der Waals surface area contributed by atoms with Gasteiger partial charge in [0.15, 0.2) is 35.5 Å². The van der Waals surface area contributed by atoms with Crippen molar-refractivity contribution >= 4 is 5.97 Å². The zero-order valence-corrected chi connectivity index (χ0v) is 16.0. The molecule has 148 valence electrons. The van der Waals surface area contributed by atoms with Crippen molar-refractivity contribution in [3.63, 3.8) is 0 Å². The number of carbonyl (C=O) groups excluding carboxylic acids is 1. The van der Waals surface area contributed by atoms with E-state index in [0.29, 0.717) is 11.5 Å². The van der Waals surface area contributed by atoms with Gasteiger partial charge in [-0.15, -0.1) is 0 Å². The zero-order chi connectivity index (χ0) is 19.4.